The van der Waals surface area contributed by atoms with Gasteiger partial charge in [-0.15, -0.1) is 0 Å². The number of benzene rings is 2. The molecule has 1 aliphatic heterocycles. The minimum Gasteiger partial charge on any atom is -0.493 e. The lowest BCUT2D eigenvalue weighted by atomic mass is 10.0. The molecular weight excluding hydrogens is 250 g/mol. The summed E-state index contributed by atoms with van der Waals surface area (Å²) in [5, 5.41) is 3.33. The lowest BCUT2D eigenvalue weighted by Crippen LogP contribution is -2.23. The first-order valence-electron chi connectivity index (χ1n) is 6.79. The molecule has 0 fully saturated rings. The van der Waals surface area contributed by atoms with Crippen molar-refractivity contribution in [3.05, 3.63) is 59.7 Å². The monoisotopic (exact) mass is 271 g/mol. The van der Waals surface area contributed by atoms with Gasteiger partial charge in [0.25, 0.3) is 0 Å². The number of nitrogens with one attached hydrogen (secondary N) is 1. The zero-order chi connectivity index (χ0) is 14.2. The van der Waals surface area contributed by atoms with Crippen LogP contribution in [0.15, 0.2) is 48.5 Å². The molecule has 0 spiro atoms. The van der Waals surface area contributed by atoms with Crippen molar-refractivity contribution in [1.29, 1.82) is 0 Å². The van der Waals surface area contributed by atoms with E-state index in [-0.39, 0.29) is 0 Å². The second kappa shape index (κ2) is 7.56. The van der Waals surface area contributed by atoms with Crippen LogP contribution in [-0.2, 0) is 13.0 Å². The maximum atomic E-state index is 5.26. The van der Waals surface area contributed by atoms with E-state index in [1.807, 2.05) is 36.4 Å². The van der Waals surface area contributed by atoms with Gasteiger partial charge in [0.05, 0.1) is 14.2 Å². The van der Waals surface area contributed by atoms with E-state index in [1.165, 1.54) is 11.1 Å². The summed E-state index contributed by atoms with van der Waals surface area (Å²) >= 11 is 0. The molecule has 0 bridgehead atoms. The van der Waals surface area contributed by atoms with Gasteiger partial charge in [0.15, 0.2) is 11.5 Å². The topological polar surface area (TPSA) is 30.5 Å². The fourth-order valence-corrected chi connectivity index (χ4v) is 2.19. The summed E-state index contributed by atoms with van der Waals surface area (Å²) in [5.41, 5.74) is 2.68. The molecule has 0 aliphatic carbocycles. The van der Waals surface area contributed by atoms with E-state index >= 15 is 0 Å². The Bertz CT molecular complexity index is 455. The predicted octanol–water partition coefficient (Wildman–Crippen LogP) is 3.04. The van der Waals surface area contributed by atoms with Gasteiger partial charge in [0.2, 0.25) is 0 Å². The lowest BCUT2D eigenvalue weighted by Gasteiger charge is -2.19. The van der Waals surface area contributed by atoms with Crippen LogP contribution in [0.4, 0.5) is 0 Å². The number of fused-ring (bicyclic) bond motifs is 1. The van der Waals surface area contributed by atoms with E-state index < -0.39 is 0 Å². The van der Waals surface area contributed by atoms with Gasteiger partial charge in [0, 0.05) is 6.54 Å². The van der Waals surface area contributed by atoms with Crippen molar-refractivity contribution < 1.29 is 9.47 Å². The maximum Gasteiger partial charge on any atom is 0.161 e. The Morgan fingerprint density at radius 1 is 0.800 bits per heavy atom. The summed E-state index contributed by atoms with van der Waals surface area (Å²) in [6.45, 7) is 1.97. The standard InChI is InChI=1S/C11H15NO2.C6H6/c1-13-10-5-8-3-4-12-7-9(8)6-11(10)14-2;1-2-4-6-5-3-1/h5-6,12H,3-4,7H2,1-2H3;1-6H. The van der Waals surface area contributed by atoms with Gasteiger partial charge < -0.3 is 14.8 Å². The second-order valence-electron chi connectivity index (χ2n) is 4.56. The van der Waals surface area contributed by atoms with Crippen molar-refractivity contribution in [2.45, 2.75) is 13.0 Å². The van der Waals surface area contributed by atoms with Gasteiger partial charge in [0.1, 0.15) is 0 Å². The summed E-state index contributed by atoms with van der Waals surface area (Å²) in [7, 11) is 3.34. The van der Waals surface area contributed by atoms with Crippen LogP contribution in [-0.4, -0.2) is 20.8 Å². The van der Waals surface area contributed by atoms with E-state index in [0.29, 0.717) is 0 Å². The van der Waals surface area contributed by atoms with E-state index in [1.54, 1.807) is 14.2 Å². The maximum absolute atomic E-state index is 5.26. The van der Waals surface area contributed by atoms with Crippen molar-refractivity contribution in [2.75, 3.05) is 20.8 Å². The van der Waals surface area contributed by atoms with Gasteiger partial charge in [-0.2, -0.15) is 0 Å². The summed E-state index contributed by atoms with van der Waals surface area (Å²) < 4.78 is 10.5. The molecule has 0 saturated carbocycles. The van der Waals surface area contributed by atoms with Crippen molar-refractivity contribution in [2.24, 2.45) is 0 Å². The molecule has 0 saturated heterocycles. The minimum absolute atomic E-state index is 0.815. The Balaban J connectivity index is 0.000000205. The highest BCUT2D eigenvalue weighted by Crippen LogP contribution is 2.31. The smallest absolute Gasteiger partial charge is 0.161 e. The van der Waals surface area contributed by atoms with Crippen LogP contribution in [0, 0.1) is 0 Å². The minimum atomic E-state index is 0.815. The molecule has 3 nitrogen and oxygen atoms in total. The van der Waals surface area contributed by atoms with Crippen molar-refractivity contribution >= 4 is 0 Å². The fraction of sp³-hybridized carbons (Fsp3) is 0.294. The van der Waals surface area contributed by atoms with Gasteiger partial charge in [-0.05, 0) is 36.2 Å². The number of hydrogen-bond acceptors (Lipinski definition) is 3. The number of methoxy groups -OCH3 is 2. The van der Waals surface area contributed by atoms with Crippen LogP contribution in [0.1, 0.15) is 11.1 Å². The molecule has 0 amide bonds. The zero-order valence-electron chi connectivity index (χ0n) is 12.1. The molecule has 3 heteroatoms. The average molecular weight is 271 g/mol. The molecule has 20 heavy (non-hydrogen) atoms. The molecule has 1 heterocycles. The van der Waals surface area contributed by atoms with E-state index in [9.17, 15) is 0 Å². The Kier molecular flexibility index (Phi) is 5.44. The third-order valence-corrected chi connectivity index (χ3v) is 3.26. The molecule has 0 radical (unpaired) electrons. The number of ether oxygens (including phenoxy) is 2. The van der Waals surface area contributed by atoms with Crippen molar-refractivity contribution in [3.63, 3.8) is 0 Å². The summed E-state index contributed by atoms with van der Waals surface area (Å²) in [5.74, 6) is 1.64. The van der Waals surface area contributed by atoms with Crippen LogP contribution in [0.25, 0.3) is 0 Å². The van der Waals surface area contributed by atoms with Crippen LogP contribution in [0.5, 0.6) is 11.5 Å². The van der Waals surface area contributed by atoms with E-state index in [0.717, 1.165) is 31.0 Å². The van der Waals surface area contributed by atoms with Gasteiger partial charge in [-0.25, -0.2) is 0 Å². The van der Waals surface area contributed by atoms with Crippen LogP contribution in [0.3, 0.4) is 0 Å². The molecule has 0 aromatic heterocycles. The third kappa shape index (κ3) is 3.75. The van der Waals surface area contributed by atoms with Crippen molar-refractivity contribution in [1.82, 2.24) is 5.32 Å². The largest absolute Gasteiger partial charge is 0.493 e. The van der Waals surface area contributed by atoms with E-state index in [2.05, 4.69) is 17.4 Å². The first kappa shape index (κ1) is 14.4. The Hall–Kier alpha value is -2.00. The normalized spacial score (nSPS) is 12.7. The zero-order valence-corrected chi connectivity index (χ0v) is 12.1. The molecule has 0 unspecified atom stereocenters. The summed E-state index contributed by atoms with van der Waals surface area (Å²) in [6.07, 6.45) is 1.07. The van der Waals surface area contributed by atoms with Gasteiger partial charge in [-0.3, -0.25) is 0 Å². The molecule has 2 aromatic rings. The second-order valence-corrected chi connectivity index (χ2v) is 4.56. The molecule has 3 rings (SSSR count). The highest BCUT2D eigenvalue weighted by Gasteiger charge is 2.13. The third-order valence-electron chi connectivity index (χ3n) is 3.26. The van der Waals surface area contributed by atoms with Crippen LogP contribution < -0.4 is 14.8 Å². The van der Waals surface area contributed by atoms with Gasteiger partial charge in [-0.1, -0.05) is 36.4 Å². The predicted molar refractivity (Wildman–Crippen MR) is 81.4 cm³/mol. The number of rotatable bonds is 2. The summed E-state index contributed by atoms with van der Waals surface area (Å²) in [4.78, 5) is 0. The highest BCUT2D eigenvalue weighted by atomic mass is 16.5. The van der Waals surface area contributed by atoms with Crippen LogP contribution >= 0.6 is 0 Å². The Morgan fingerprint density at radius 3 is 1.80 bits per heavy atom. The SMILES string of the molecule is COc1cc2c(cc1OC)CNCC2.c1ccccc1. The molecule has 1 aliphatic rings. The molecule has 106 valence electrons. The first-order chi connectivity index (χ1) is 9.85. The average Bonchev–Trinajstić information content (AvgIpc) is 2.55. The van der Waals surface area contributed by atoms with Crippen LogP contribution in [0.2, 0.25) is 0 Å². The molecular formula is C17H21NO2. The Labute approximate surface area is 120 Å². The van der Waals surface area contributed by atoms with Gasteiger partial charge >= 0.3 is 0 Å². The Morgan fingerprint density at radius 2 is 1.30 bits per heavy atom. The summed E-state index contributed by atoms with van der Waals surface area (Å²) in [6, 6.07) is 16.1. The number of hydrogen-bond donors (Lipinski definition) is 1. The molecule has 0 atom stereocenters. The van der Waals surface area contributed by atoms with Crippen molar-refractivity contribution in [3.8, 4) is 11.5 Å². The quantitative estimate of drug-likeness (QED) is 0.910. The van der Waals surface area contributed by atoms with E-state index in [4.69, 9.17) is 9.47 Å². The first-order valence-corrected chi connectivity index (χ1v) is 6.79. The molecule has 2 aromatic carbocycles. The lowest BCUT2D eigenvalue weighted by molar-refractivity contribution is 0.353. The molecule has 1 N–H and O–H groups in total. The fourth-order valence-electron chi connectivity index (χ4n) is 2.19. The highest BCUT2D eigenvalue weighted by molar-refractivity contribution is 5.48.